The van der Waals surface area contributed by atoms with Crippen molar-refractivity contribution < 1.29 is 14.7 Å². The summed E-state index contributed by atoms with van der Waals surface area (Å²) in [6.07, 6.45) is 0.641. The van der Waals surface area contributed by atoms with Crippen LogP contribution in [0.5, 0.6) is 0 Å². The van der Waals surface area contributed by atoms with Crippen LogP contribution in [0, 0.1) is 0 Å². The molecule has 0 aliphatic carbocycles. The molecule has 0 saturated heterocycles. The highest BCUT2D eigenvalue weighted by molar-refractivity contribution is 6.06. The summed E-state index contributed by atoms with van der Waals surface area (Å²) in [4.78, 5) is 36.9. The van der Waals surface area contributed by atoms with Gasteiger partial charge in [0, 0.05) is 25.0 Å². The minimum Gasteiger partial charge on any atom is -0.480 e. The van der Waals surface area contributed by atoms with E-state index in [4.69, 9.17) is 5.11 Å². The third-order valence-corrected chi connectivity index (χ3v) is 3.49. The third-order valence-electron chi connectivity index (χ3n) is 3.49. The quantitative estimate of drug-likeness (QED) is 0.907. The number of aryl methyl sites for hydroxylation is 1. The molecule has 0 unspecified atom stereocenters. The van der Waals surface area contributed by atoms with E-state index in [0.29, 0.717) is 23.9 Å². The van der Waals surface area contributed by atoms with Crippen LogP contribution in [0.3, 0.4) is 0 Å². The average molecular weight is 302 g/mol. The van der Waals surface area contributed by atoms with Crippen LogP contribution < -0.4 is 5.56 Å². The minimum absolute atomic E-state index is 0.244. The number of amides is 1. The van der Waals surface area contributed by atoms with Gasteiger partial charge in [-0.1, -0.05) is 25.1 Å². The molecule has 0 aliphatic heterocycles. The van der Waals surface area contributed by atoms with Gasteiger partial charge in [0.25, 0.3) is 11.5 Å². The Morgan fingerprint density at radius 1 is 1.27 bits per heavy atom. The van der Waals surface area contributed by atoms with Crippen molar-refractivity contribution in [2.75, 3.05) is 13.1 Å². The maximum Gasteiger partial charge on any atom is 0.323 e. The van der Waals surface area contributed by atoms with Gasteiger partial charge in [0.15, 0.2) is 0 Å². The van der Waals surface area contributed by atoms with E-state index >= 15 is 0 Å². The highest BCUT2D eigenvalue weighted by Gasteiger charge is 2.21. The van der Waals surface area contributed by atoms with Crippen molar-refractivity contribution in [3.05, 3.63) is 46.2 Å². The van der Waals surface area contributed by atoms with Crippen molar-refractivity contribution in [3.63, 3.8) is 0 Å². The molecule has 0 aliphatic rings. The van der Waals surface area contributed by atoms with E-state index in [1.54, 1.807) is 31.3 Å². The first-order chi connectivity index (χ1) is 10.5. The van der Waals surface area contributed by atoms with Gasteiger partial charge in [-0.3, -0.25) is 14.4 Å². The van der Waals surface area contributed by atoms with E-state index in [9.17, 15) is 14.4 Å². The van der Waals surface area contributed by atoms with E-state index < -0.39 is 11.9 Å². The number of hydrogen-bond acceptors (Lipinski definition) is 3. The monoisotopic (exact) mass is 302 g/mol. The lowest BCUT2D eigenvalue weighted by Gasteiger charge is -2.21. The van der Waals surface area contributed by atoms with Crippen molar-refractivity contribution >= 4 is 22.8 Å². The zero-order chi connectivity index (χ0) is 16.3. The fourth-order valence-electron chi connectivity index (χ4n) is 2.44. The first-order valence-corrected chi connectivity index (χ1v) is 7.05. The van der Waals surface area contributed by atoms with Crippen LogP contribution in [-0.2, 0) is 11.8 Å². The predicted octanol–water partition coefficient (Wildman–Crippen LogP) is 1.48. The molecule has 1 N–H and O–H groups in total. The normalized spacial score (nSPS) is 10.6. The summed E-state index contributed by atoms with van der Waals surface area (Å²) in [6, 6.07) is 8.36. The number of benzene rings is 1. The number of aliphatic carboxylic acids is 1. The Balaban J connectivity index is 2.58. The average Bonchev–Trinajstić information content (AvgIpc) is 2.49. The van der Waals surface area contributed by atoms with E-state index in [-0.39, 0.29) is 17.7 Å². The molecule has 2 aromatic rings. The van der Waals surface area contributed by atoms with Crippen LogP contribution >= 0.6 is 0 Å². The summed E-state index contributed by atoms with van der Waals surface area (Å²) < 4.78 is 1.47. The van der Waals surface area contributed by atoms with Crippen molar-refractivity contribution in [3.8, 4) is 0 Å². The predicted molar refractivity (Wildman–Crippen MR) is 83.0 cm³/mol. The fraction of sp³-hybridized carbons (Fsp3) is 0.312. The topological polar surface area (TPSA) is 79.6 Å². The lowest BCUT2D eigenvalue weighted by atomic mass is 10.1. The van der Waals surface area contributed by atoms with Gasteiger partial charge in [-0.15, -0.1) is 0 Å². The maximum atomic E-state index is 12.7. The summed E-state index contributed by atoms with van der Waals surface area (Å²) >= 11 is 0. The van der Waals surface area contributed by atoms with Gasteiger partial charge in [0.05, 0.1) is 11.1 Å². The highest BCUT2D eigenvalue weighted by atomic mass is 16.4. The number of carboxylic acids is 1. The number of carbonyl (C=O) groups is 2. The summed E-state index contributed by atoms with van der Waals surface area (Å²) in [5.74, 6) is -1.51. The number of aromatic nitrogens is 1. The molecule has 0 bridgehead atoms. The third kappa shape index (κ3) is 3.00. The van der Waals surface area contributed by atoms with Crippen LogP contribution in [0.15, 0.2) is 35.1 Å². The molecule has 0 radical (unpaired) electrons. The number of hydrogen-bond donors (Lipinski definition) is 1. The van der Waals surface area contributed by atoms with E-state index in [2.05, 4.69) is 0 Å². The van der Waals surface area contributed by atoms with Gasteiger partial charge in [-0.25, -0.2) is 0 Å². The van der Waals surface area contributed by atoms with Crippen molar-refractivity contribution in [1.29, 1.82) is 0 Å². The van der Waals surface area contributed by atoms with Crippen molar-refractivity contribution in [2.45, 2.75) is 13.3 Å². The van der Waals surface area contributed by atoms with Crippen LogP contribution in [0.2, 0.25) is 0 Å². The number of fused-ring (bicyclic) bond motifs is 1. The van der Waals surface area contributed by atoms with Crippen LogP contribution in [-0.4, -0.2) is 39.5 Å². The van der Waals surface area contributed by atoms with Crippen LogP contribution in [0.4, 0.5) is 0 Å². The van der Waals surface area contributed by atoms with Gasteiger partial charge >= 0.3 is 5.97 Å². The smallest absolute Gasteiger partial charge is 0.323 e. The Bertz CT molecular complexity index is 779. The first kappa shape index (κ1) is 15.8. The molecule has 0 spiro atoms. The van der Waals surface area contributed by atoms with E-state index in [0.717, 1.165) is 0 Å². The number of nitrogens with zero attached hydrogens (tertiary/aromatic N) is 2. The lowest BCUT2D eigenvalue weighted by molar-refractivity contribution is -0.137. The fourth-order valence-corrected chi connectivity index (χ4v) is 2.44. The second kappa shape index (κ2) is 6.43. The largest absolute Gasteiger partial charge is 0.480 e. The molecular weight excluding hydrogens is 284 g/mol. The van der Waals surface area contributed by atoms with E-state index in [1.165, 1.54) is 15.5 Å². The zero-order valence-electron chi connectivity index (χ0n) is 12.6. The summed E-state index contributed by atoms with van der Waals surface area (Å²) in [5, 5.41) is 9.60. The number of carbonyl (C=O) groups excluding carboxylic acids is 1. The number of para-hydroxylation sites is 1. The minimum atomic E-state index is -1.07. The molecule has 1 heterocycles. The molecule has 6 heteroatoms. The highest BCUT2D eigenvalue weighted by Crippen LogP contribution is 2.18. The Morgan fingerprint density at radius 2 is 1.95 bits per heavy atom. The zero-order valence-corrected chi connectivity index (χ0v) is 12.6. The molecule has 1 amide bonds. The molecule has 22 heavy (non-hydrogen) atoms. The maximum absolute atomic E-state index is 12.7. The number of carboxylic acid groups (broad SMARTS) is 1. The number of rotatable bonds is 5. The van der Waals surface area contributed by atoms with Gasteiger partial charge in [0.1, 0.15) is 6.54 Å². The molecular formula is C16H18N2O4. The van der Waals surface area contributed by atoms with Crippen LogP contribution in [0.25, 0.3) is 10.9 Å². The van der Waals surface area contributed by atoms with Gasteiger partial charge < -0.3 is 14.6 Å². The summed E-state index contributed by atoms with van der Waals surface area (Å²) in [6.45, 7) is 1.81. The molecule has 6 nitrogen and oxygen atoms in total. The number of pyridine rings is 1. The molecule has 1 aromatic heterocycles. The van der Waals surface area contributed by atoms with Gasteiger partial charge in [-0.2, -0.15) is 0 Å². The van der Waals surface area contributed by atoms with Crippen LogP contribution in [0.1, 0.15) is 23.7 Å². The van der Waals surface area contributed by atoms with Crippen molar-refractivity contribution in [1.82, 2.24) is 9.47 Å². The Labute approximate surface area is 127 Å². The molecule has 2 rings (SSSR count). The summed E-state index contributed by atoms with van der Waals surface area (Å²) in [5.41, 5.74) is 0.590. The molecule has 1 aromatic carbocycles. The standard InChI is InChI=1S/C16H18N2O4/c1-3-8-18(10-15(20)21)16(22)12-9-14(19)17(2)13-7-5-4-6-11(12)13/h4-7,9H,3,8,10H2,1-2H3,(H,20,21). The second-order valence-electron chi connectivity index (χ2n) is 5.09. The Morgan fingerprint density at radius 3 is 2.59 bits per heavy atom. The Kier molecular flexibility index (Phi) is 4.60. The first-order valence-electron chi connectivity index (χ1n) is 7.05. The van der Waals surface area contributed by atoms with Crippen molar-refractivity contribution in [2.24, 2.45) is 7.05 Å². The second-order valence-corrected chi connectivity index (χ2v) is 5.09. The molecule has 0 atom stereocenters. The molecule has 0 saturated carbocycles. The molecule has 0 fully saturated rings. The van der Waals surface area contributed by atoms with Gasteiger partial charge in [0.2, 0.25) is 0 Å². The SMILES string of the molecule is CCCN(CC(=O)O)C(=O)c1cc(=O)n(C)c2ccccc12. The Hall–Kier alpha value is -2.63. The lowest BCUT2D eigenvalue weighted by Crippen LogP contribution is -2.37. The summed E-state index contributed by atoms with van der Waals surface area (Å²) in [7, 11) is 1.64. The van der Waals surface area contributed by atoms with E-state index in [1.807, 2.05) is 6.92 Å². The molecule has 116 valence electrons. The van der Waals surface area contributed by atoms with Gasteiger partial charge in [-0.05, 0) is 12.5 Å².